The van der Waals surface area contributed by atoms with Crippen molar-refractivity contribution in [3.05, 3.63) is 29.0 Å². The number of anilines is 1. The van der Waals surface area contributed by atoms with Gasteiger partial charge in [0.1, 0.15) is 5.52 Å². The van der Waals surface area contributed by atoms with E-state index in [9.17, 15) is 0 Å². The van der Waals surface area contributed by atoms with Crippen molar-refractivity contribution in [2.24, 2.45) is 5.92 Å². The monoisotopic (exact) mass is 321 g/mol. The summed E-state index contributed by atoms with van der Waals surface area (Å²) >= 11 is 3.43. The molecule has 0 spiro atoms. The number of hydrogen-bond acceptors (Lipinski definition) is 4. The van der Waals surface area contributed by atoms with E-state index in [4.69, 9.17) is 4.74 Å². The maximum Gasteiger partial charge on any atom is 0.112 e. The van der Waals surface area contributed by atoms with E-state index in [1.54, 1.807) is 0 Å². The molecule has 4 nitrogen and oxygen atoms in total. The highest BCUT2D eigenvalue weighted by Gasteiger charge is 2.19. The average molecular weight is 322 g/mol. The fraction of sp³-hybridized carbons (Fsp3) is 0.429. The molecule has 0 aromatic carbocycles. The van der Waals surface area contributed by atoms with E-state index >= 15 is 0 Å². The molecule has 3 heterocycles. The minimum absolute atomic E-state index is 0.615. The summed E-state index contributed by atoms with van der Waals surface area (Å²) < 4.78 is 6.39. The first kappa shape index (κ1) is 12.8. The first-order valence-electron chi connectivity index (χ1n) is 6.43. The minimum Gasteiger partial charge on any atom is -0.381 e. The van der Waals surface area contributed by atoms with Gasteiger partial charge in [0, 0.05) is 43.0 Å². The van der Waals surface area contributed by atoms with Crippen molar-refractivity contribution < 1.29 is 4.74 Å². The third kappa shape index (κ3) is 2.72. The van der Waals surface area contributed by atoms with Gasteiger partial charge in [0.15, 0.2) is 0 Å². The van der Waals surface area contributed by atoms with E-state index in [-0.39, 0.29) is 0 Å². The third-order valence-electron chi connectivity index (χ3n) is 3.49. The fourth-order valence-corrected chi connectivity index (χ4v) is 2.83. The molecule has 1 unspecified atom stereocenters. The Morgan fingerprint density at radius 2 is 2.37 bits per heavy atom. The Labute approximate surface area is 120 Å². The molecule has 100 valence electrons. The minimum atomic E-state index is 0.615. The van der Waals surface area contributed by atoms with E-state index in [2.05, 4.69) is 37.8 Å². The number of aromatic nitrogens is 2. The standard InChI is InChI=1S/C14H16BrN3O/c1-18(8-10-3-5-19-9-10)13-2-4-16-12-6-11(15)7-17-14(12)13/h2,4,6-7,10H,3,5,8-9H2,1H3. The average Bonchev–Trinajstić information content (AvgIpc) is 2.90. The molecule has 2 aromatic heterocycles. The third-order valence-corrected chi connectivity index (χ3v) is 3.92. The van der Waals surface area contributed by atoms with Crippen molar-refractivity contribution in [3.63, 3.8) is 0 Å². The summed E-state index contributed by atoms with van der Waals surface area (Å²) in [4.78, 5) is 11.1. The molecule has 1 aliphatic rings. The van der Waals surface area contributed by atoms with Crippen LogP contribution in [0.15, 0.2) is 29.0 Å². The van der Waals surface area contributed by atoms with Gasteiger partial charge in [-0.3, -0.25) is 9.97 Å². The van der Waals surface area contributed by atoms with Gasteiger partial charge in [-0.1, -0.05) is 0 Å². The highest BCUT2D eigenvalue weighted by atomic mass is 79.9. The van der Waals surface area contributed by atoms with Crippen molar-refractivity contribution in [1.82, 2.24) is 9.97 Å². The molecule has 0 N–H and O–H groups in total. The fourth-order valence-electron chi connectivity index (χ4n) is 2.51. The SMILES string of the molecule is CN(CC1CCOC1)c1ccnc2cc(Br)cnc12. The van der Waals surface area contributed by atoms with Crippen molar-refractivity contribution in [1.29, 1.82) is 0 Å². The molecule has 1 fully saturated rings. The topological polar surface area (TPSA) is 38.2 Å². The number of rotatable bonds is 3. The zero-order valence-electron chi connectivity index (χ0n) is 10.8. The lowest BCUT2D eigenvalue weighted by atomic mass is 10.1. The number of fused-ring (bicyclic) bond motifs is 1. The van der Waals surface area contributed by atoms with Crippen molar-refractivity contribution >= 4 is 32.7 Å². The number of hydrogen-bond donors (Lipinski definition) is 0. The molecule has 1 saturated heterocycles. The van der Waals surface area contributed by atoms with Gasteiger partial charge >= 0.3 is 0 Å². The van der Waals surface area contributed by atoms with Gasteiger partial charge in [-0.25, -0.2) is 0 Å². The summed E-state index contributed by atoms with van der Waals surface area (Å²) in [6.45, 7) is 2.75. The van der Waals surface area contributed by atoms with Crippen LogP contribution in [0.2, 0.25) is 0 Å². The Balaban J connectivity index is 1.90. The summed E-state index contributed by atoms with van der Waals surface area (Å²) in [5.74, 6) is 0.615. The van der Waals surface area contributed by atoms with Crippen molar-refractivity contribution in [3.8, 4) is 0 Å². The van der Waals surface area contributed by atoms with Crippen LogP contribution in [-0.4, -0.2) is 36.8 Å². The quantitative estimate of drug-likeness (QED) is 0.871. The summed E-state index contributed by atoms with van der Waals surface area (Å²) in [6.07, 6.45) is 4.81. The van der Waals surface area contributed by atoms with Crippen LogP contribution >= 0.6 is 15.9 Å². The normalized spacial score (nSPS) is 18.9. The van der Waals surface area contributed by atoms with Crippen LogP contribution in [0.4, 0.5) is 5.69 Å². The molecule has 0 saturated carbocycles. The van der Waals surface area contributed by atoms with Gasteiger partial charge in [0.25, 0.3) is 0 Å². The predicted octanol–water partition coefficient (Wildman–Crippen LogP) is 2.87. The Morgan fingerprint density at radius 3 is 3.16 bits per heavy atom. The van der Waals surface area contributed by atoms with Crippen LogP contribution in [0.25, 0.3) is 11.0 Å². The largest absolute Gasteiger partial charge is 0.381 e. The lowest BCUT2D eigenvalue weighted by Crippen LogP contribution is -2.26. The summed E-state index contributed by atoms with van der Waals surface area (Å²) in [5, 5.41) is 0. The Morgan fingerprint density at radius 1 is 1.47 bits per heavy atom. The van der Waals surface area contributed by atoms with Crippen LogP contribution in [-0.2, 0) is 4.74 Å². The Bertz CT molecular complexity index is 584. The van der Waals surface area contributed by atoms with Crippen LogP contribution in [0, 0.1) is 5.92 Å². The number of halogens is 1. The highest BCUT2D eigenvalue weighted by molar-refractivity contribution is 9.10. The second kappa shape index (κ2) is 5.43. The lowest BCUT2D eigenvalue weighted by molar-refractivity contribution is 0.186. The molecule has 5 heteroatoms. The molecular formula is C14H16BrN3O. The zero-order valence-corrected chi connectivity index (χ0v) is 12.4. The van der Waals surface area contributed by atoms with Crippen molar-refractivity contribution in [2.45, 2.75) is 6.42 Å². The molecule has 19 heavy (non-hydrogen) atoms. The smallest absolute Gasteiger partial charge is 0.112 e. The van der Waals surface area contributed by atoms with Crippen LogP contribution in [0.5, 0.6) is 0 Å². The number of ether oxygens (including phenoxy) is 1. The van der Waals surface area contributed by atoms with Crippen LogP contribution in [0.3, 0.4) is 0 Å². The van der Waals surface area contributed by atoms with Gasteiger partial charge in [-0.15, -0.1) is 0 Å². The van der Waals surface area contributed by atoms with E-state index in [1.165, 1.54) is 0 Å². The highest BCUT2D eigenvalue weighted by Crippen LogP contribution is 2.26. The van der Waals surface area contributed by atoms with E-state index < -0.39 is 0 Å². The number of pyridine rings is 2. The Hall–Kier alpha value is -1.20. The molecule has 1 aliphatic heterocycles. The molecule has 2 aromatic rings. The van der Waals surface area contributed by atoms with E-state index in [0.29, 0.717) is 5.92 Å². The molecule has 3 rings (SSSR count). The molecule has 0 bridgehead atoms. The maximum atomic E-state index is 5.44. The van der Waals surface area contributed by atoms with E-state index in [0.717, 1.165) is 47.4 Å². The van der Waals surface area contributed by atoms with Gasteiger partial charge in [-0.05, 0) is 34.5 Å². The van der Waals surface area contributed by atoms with Crippen molar-refractivity contribution in [2.75, 3.05) is 31.7 Å². The molecule has 0 radical (unpaired) electrons. The first-order valence-corrected chi connectivity index (χ1v) is 7.22. The second-order valence-electron chi connectivity index (χ2n) is 4.96. The molecule has 1 atom stereocenters. The lowest BCUT2D eigenvalue weighted by Gasteiger charge is -2.23. The van der Waals surface area contributed by atoms with Crippen LogP contribution in [0.1, 0.15) is 6.42 Å². The van der Waals surface area contributed by atoms with Gasteiger partial charge in [0.05, 0.1) is 17.8 Å². The summed E-state index contributed by atoms with van der Waals surface area (Å²) in [7, 11) is 2.11. The zero-order chi connectivity index (χ0) is 13.2. The Kier molecular flexibility index (Phi) is 3.66. The maximum absolute atomic E-state index is 5.44. The number of nitrogens with zero attached hydrogens (tertiary/aromatic N) is 3. The second-order valence-corrected chi connectivity index (χ2v) is 5.88. The molecule has 0 aliphatic carbocycles. The summed E-state index contributed by atoms with van der Waals surface area (Å²) in [5.41, 5.74) is 3.00. The summed E-state index contributed by atoms with van der Waals surface area (Å²) in [6, 6.07) is 4.03. The van der Waals surface area contributed by atoms with E-state index in [1.807, 2.05) is 24.5 Å². The van der Waals surface area contributed by atoms with Gasteiger partial charge in [0.2, 0.25) is 0 Å². The first-order chi connectivity index (χ1) is 9.24. The predicted molar refractivity (Wildman–Crippen MR) is 79.4 cm³/mol. The molecule has 0 amide bonds. The van der Waals surface area contributed by atoms with Gasteiger partial charge < -0.3 is 9.64 Å². The van der Waals surface area contributed by atoms with Gasteiger partial charge in [-0.2, -0.15) is 0 Å². The van der Waals surface area contributed by atoms with Crippen LogP contribution < -0.4 is 4.90 Å². The molecular weight excluding hydrogens is 306 g/mol.